The Labute approximate surface area is 146 Å². The van der Waals surface area contributed by atoms with Crippen molar-refractivity contribution in [2.75, 3.05) is 19.8 Å². The van der Waals surface area contributed by atoms with Gasteiger partial charge in [-0.05, 0) is 25.7 Å². The van der Waals surface area contributed by atoms with Gasteiger partial charge in [0.15, 0.2) is 0 Å². The van der Waals surface area contributed by atoms with E-state index in [1.165, 1.54) is 38.5 Å². The molecule has 0 aromatic rings. The van der Waals surface area contributed by atoms with E-state index in [4.69, 9.17) is 14.6 Å². The number of rotatable bonds is 14. The average Bonchev–Trinajstić information content (AvgIpc) is 2.96. The van der Waals surface area contributed by atoms with Crippen molar-refractivity contribution in [1.82, 2.24) is 0 Å². The summed E-state index contributed by atoms with van der Waals surface area (Å²) in [6.07, 6.45) is 12.4. The van der Waals surface area contributed by atoms with Gasteiger partial charge in [-0.1, -0.05) is 51.2 Å². The molecule has 0 saturated carbocycles. The molecule has 4 atom stereocenters. The minimum atomic E-state index is -1.01. The van der Waals surface area contributed by atoms with Gasteiger partial charge in [-0.2, -0.15) is 0 Å². The second-order valence-corrected chi connectivity index (χ2v) is 6.62. The van der Waals surface area contributed by atoms with Crippen LogP contribution in [0.4, 0.5) is 0 Å². The Morgan fingerprint density at radius 3 is 2.46 bits per heavy atom. The minimum absolute atomic E-state index is 0.143. The summed E-state index contributed by atoms with van der Waals surface area (Å²) in [5.41, 5.74) is 0. The Morgan fingerprint density at radius 2 is 1.75 bits per heavy atom. The van der Waals surface area contributed by atoms with Crippen LogP contribution in [-0.4, -0.2) is 59.6 Å². The molecule has 5 heteroatoms. The Hall–Kier alpha value is -0.460. The lowest BCUT2D eigenvalue weighted by atomic mass is 10.1. The first-order valence-electron chi connectivity index (χ1n) is 9.55. The average molecular weight is 344 g/mol. The van der Waals surface area contributed by atoms with Crippen molar-refractivity contribution in [3.63, 3.8) is 0 Å². The van der Waals surface area contributed by atoms with Crippen molar-refractivity contribution >= 4 is 0 Å². The standard InChI is InChI=1S/C19H36O5/c1-2-3-4-5-6-7-8-9-10-11-12-13-23-19-17(22)15-24-18(19)16(21)14-20/h9-10,16-22H,2-8,11-15H2,1H3/b10-9+/t16-,17+,18+,19+/m0/s1. The lowest BCUT2D eigenvalue weighted by molar-refractivity contribution is -0.0935. The third kappa shape index (κ3) is 8.58. The van der Waals surface area contributed by atoms with Crippen LogP contribution in [0.5, 0.6) is 0 Å². The number of hydrogen-bond acceptors (Lipinski definition) is 5. The van der Waals surface area contributed by atoms with Gasteiger partial charge in [0, 0.05) is 6.61 Å². The largest absolute Gasteiger partial charge is 0.394 e. The molecule has 0 bridgehead atoms. The van der Waals surface area contributed by atoms with Crippen molar-refractivity contribution in [3.8, 4) is 0 Å². The minimum Gasteiger partial charge on any atom is -0.394 e. The summed E-state index contributed by atoms with van der Waals surface area (Å²) in [4.78, 5) is 0. The van der Waals surface area contributed by atoms with Gasteiger partial charge in [0.05, 0.1) is 13.2 Å². The van der Waals surface area contributed by atoms with Gasteiger partial charge in [0.2, 0.25) is 0 Å². The van der Waals surface area contributed by atoms with E-state index in [2.05, 4.69) is 19.1 Å². The zero-order valence-corrected chi connectivity index (χ0v) is 15.1. The normalized spacial score (nSPS) is 25.6. The van der Waals surface area contributed by atoms with E-state index in [0.717, 1.165) is 19.3 Å². The zero-order valence-electron chi connectivity index (χ0n) is 15.1. The zero-order chi connectivity index (χ0) is 17.6. The lowest BCUT2D eigenvalue weighted by Crippen LogP contribution is -2.42. The van der Waals surface area contributed by atoms with Gasteiger partial charge < -0.3 is 24.8 Å². The molecule has 1 fully saturated rings. The van der Waals surface area contributed by atoms with Crippen molar-refractivity contribution in [2.24, 2.45) is 0 Å². The maximum Gasteiger partial charge on any atom is 0.114 e. The van der Waals surface area contributed by atoms with Gasteiger partial charge in [-0.3, -0.25) is 0 Å². The fourth-order valence-electron chi connectivity index (χ4n) is 2.96. The Bertz CT molecular complexity index is 321. The predicted octanol–water partition coefficient (Wildman–Crippen LogP) is 2.57. The fraction of sp³-hybridized carbons (Fsp3) is 0.895. The number of ether oxygens (including phenoxy) is 2. The van der Waals surface area contributed by atoms with E-state index in [9.17, 15) is 10.2 Å². The summed E-state index contributed by atoms with van der Waals surface area (Å²) in [5.74, 6) is 0. The van der Waals surface area contributed by atoms with Gasteiger partial charge in [0.25, 0.3) is 0 Å². The van der Waals surface area contributed by atoms with Crippen molar-refractivity contribution in [3.05, 3.63) is 12.2 Å². The molecule has 1 saturated heterocycles. The molecular weight excluding hydrogens is 308 g/mol. The van der Waals surface area contributed by atoms with Crippen LogP contribution in [0, 0.1) is 0 Å². The summed E-state index contributed by atoms with van der Waals surface area (Å²) in [5, 5.41) is 28.5. The maximum absolute atomic E-state index is 9.82. The summed E-state index contributed by atoms with van der Waals surface area (Å²) in [6.45, 7) is 2.51. The number of aliphatic hydroxyl groups excluding tert-OH is 3. The first kappa shape index (κ1) is 21.6. The van der Waals surface area contributed by atoms with Crippen LogP contribution in [0.25, 0.3) is 0 Å². The number of aliphatic hydroxyl groups is 3. The Balaban J connectivity index is 2.01. The Morgan fingerprint density at radius 1 is 1.08 bits per heavy atom. The van der Waals surface area contributed by atoms with Crippen LogP contribution in [-0.2, 0) is 9.47 Å². The van der Waals surface area contributed by atoms with E-state index in [0.29, 0.717) is 6.61 Å². The van der Waals surface area contributed by atoms with Gasteiger partial charge in [-0.15, -0.1) is 0 Å². The lowest BCUT2D eigenvalue weighted by Gasteiger charge is -2.23. The highest BCUT2D eigenvalue weighted by atomic mass is 16.6. The van der Waals surface area contributed by atoms with E-state index >= 15 is 0 Å². The molecule has 5 nitrogen and oxygen atoms in total. The molecule has 1 heterocycles. The first-order chi connectivity index (χ1) is 11.7. The molecule has 142 valence electrons. The molecule has 1 aliphatic heterocycles. The van der Waals surface area contributed by atoms with Gasteiger partial charge in [0.1, 0.15) is 24.4 Å². The quantitative estimate of drug-likeness (QED) is 0.333. The van der Waals surface area contributed by atoms with Crippen LogP contribution < -0.4 is 0 Å². The molecular formula is C19H36O5. The fourth-order valence-corrected chi connectivity index (χ4v) is 2.96. The van der Waals surface area contributed by atoms with E-state index < -0.39 is 31.0 Å². The van der Waals surface area contributed by atoms with Crippen LogP contribution in [0.3, 0.4) is 0 Å². The van der Waals surface area contributed by atoms with E-state index in [1.807, 2.05) is 0 Å². The molecule has 0 aromatic carbocycles. The van der Waals surface area contributed by atoms with Crippen LogP contribution >= 0.6 is 0 Å². The molecule has 0 aromatic heterocycles. The van der Waals surface area contributed by atoms with Gasteiger partial charge >= 0.3 is 0 Å². The summed E-state index contributed by atoms with van der Waals surface area (Å²) >= 11 is 0. The van der Waals surface area contributed by atoms with Gasteiger partial charge in [-0.25, -0.2) is 0 Å². The molecule has 3 N–H and O–H groups in total. The molecule has 0 amide bonds. The second-order valence-electron chi connectivity index (χ2n) is 6.62. The summed E-state index contributed by atoms with van der Waals surface area (Å²) in [7, 11) is 0. The molecule has 0 aliphatic carbocycles. The van der Waals surface area contributed by atoms with Crippen molar-refractivity contribution in [2.45, 2.75) is 89.1 Å². The number of unbranched alkanes of at least 4 members (excludes halogenated alkanes) is 7. The third-order valence-electron chi connectivity index (χ3n) is 4.45. The van der Waals surface area contributed by atoms with Crippen LogP contribution in [0.15, 0.2) is 12.2 Å². The predicted molar refractivity (Wildman–Crippen MR) is 94.9 cm³/mol. The van der Waals surface area contributed by atoms with E-state index in [-0.39, 0.29) is 6.61 Å². The number of hydrogen-bond donors (Lipinski definition) is 3. The van der Waals surface area contributed by atoms with E-state index in [1.54, 1.807) is 0 Å². The second kappa shape index (κ2) is 13.8. The monoisotopic (exact) mass is 344 g/mol. The van der Waals surface area contributed by atoms with Crippen LogP contribution in [0.2, 0.25) is 0 Å². The van der Waals surface area contributed by atoms with Crippen LogP contribution in [0.1, 0.15) is 64.7 Å². The highest BCUT2D eigenvalue weighted by molar-refractivity contribution is 4.89. The SMILES string of the molecule is CCCCCCCC/C=C/CCCO[C@H]1[C@@H]([C@@H](O)CO)OC[C@H]1O. The molecule has 0 spiro atoms. The highest BCUT2D eigenvalue weighted by Gasteiger charge is 2.40. The number of allylic oxidation sites excluding steroid dienone is 2. The first-order valence-corrected chi connectivity index (χ1v) is 9.55. The smallest absolute Gasteiger partial charge is 0.114 e. The Kier molecular flexibility index (Phi) is 12.4. The molecule has 0 radical (unpaired) electrons. The molecule has 1 aliphatic rings. The molecule has 1 rings (SSSR count). The maximum atomic E-state index is 9.82. The topological polar surface area (TPSA) is 79.2 Å². The van der Waals surface area contributed by atoms with Crippen molar-refractivity contribution < 1.29 is 24.8 Å². The summed E-state index contributed by atoms with van der Waals surface area (Å²) in [6, 6.07) is 0. The highest BCUT2D eigenvalue weighted by Crippen LogP contribution is 2.21. The molecule has 24 heavy (non-hydrogen) atoms. The molecule has 0 unspecified atom stereocenters. The summed E-state index contributed by atoms with van der Waals surface area (Å²) < 4.78 is 10.9. The third-order valence-corrected chi connectivity index (χ3v) is 4.45. The van der Waals surface area contributed by atoms with Crippen molar-refractivity contribution in [1.29, 1.82) is 0 Å².